The van der Waals surface area contributed by atoms with Crippen molar-refractivity contribution in [2.45, 2.75) is 26.4 Å². The van der Waals surface area contributed by atoms with Gasteiger partial charge in [0.25, 0.3) is 5.91 Å². The summed E-state index contributed by atoms with van der Waals surface area (Å²) in [5.41, 5.74) is 1.73. The predicted octanol–water partition coefficient (Wildman–Crippen LogP) is 2.99. The average molecular weight is 341 g/mol. The fourth-order valence-corrected chi connectivity index (χ4v) is 2.21. The highest BCUT2D eigenvalue weighted by Crippen LogP contribution is 2.12. The van der Waals surface area contributed by atoms with Gasteiger partial charge < -0.3 is 14.8 Å². The smallest absolute Gasteiger partial charge is 0.344 e. The first kappa shape index (κ1) is 18.5. The van der Waals surface area contributed by atoms with Gasteiger partial charge in [-0.25, -0.2) is 4.79 Å². The maximum absolute atomic E-state index is 12.1. The van der Waals surface area contributed by atoms with Crippen LogP contribution in [0.5, 0.6) is 5.75 Å². The second kappa shape index (κ2) is 9.47. The Morgan fingerprint density at radius 2 is 1.68 bits per heavy atom. The molecule has 132 valence electrons. The minimum absolute atomic E-state index is 0.137. The number of ether oxygens (including phenoxy) is 2. The van der Waals surface area contributed by atoms with Crippen molar-refractivity contribution in [1.29, 1.82) is 0 Å². The lowest BCUT2D eigenvalue weighted by Crippen LogP contribution is -2.25. The van der Waals surface area contributed by atoms with Crippen LogP contribution in [0, 0.1) is 0 Å². The average Bonchev–Trinajstić information content (AvgIpc) is 2.60. The number of hydrogen-bond acceptors (Lipinski definition) is 4. The monoisotopic (exact) mass is 341 g/mol. The van der Waals surface area contributed by atoms with Crippen LogP contribution in [0.4, 0.5) is 0 Å². The standard InChI is InChI=1S/C20H23NO4/c1-15(2)25-19(22)14-24-18-10-8-17(9-11-18)20(23)21-13-12-16-6-4-3-5-7-16/h3-11,15H,12-14H2,1-2H3,(H,21,23). The van der Waals surface area contributed by atoms with Gasteiger partial charge in [-0.1, -0.05) is 30.3 Å². The van der Waals surface area contributed by atoms with Crippen LogP contribution >= 0.6 is 0 Å². The Bertz CT molecular complexity index is 681. The molecule has 0 heterocycles. The first-order valence-electron chi connectivity index (χ1n) is 8.29. The molecule has 5 nitrogen and oxygen atoms in total. The van der Waals surface area contributed by atoms with Crippen LogP contribution in [-0.2, 0) is 16.0 Å². The van der Waals surface area contributed by atoms with Crippen molar-refractivity contribution in [2.24, 2.45) is 0 Å². The molecule has 0 radical (unpaired) electrons. The normalized spacial score (nSPS) is 10.4. The summed E-state index contributed by atoms with van der Waals surface area (Å²) in [7, 11) is 0. The van der Waals surface area contributed by atoms with Gasteiger partial charge in [0.15, 0.2) is 6.61 Å². The predicted molar refractivity (Wildman–Crippen MR) is 95.6 cm³/mol. The molecule has 1 N–H and O–H groups in total. The molecule has 0 aromatic heterocycles. The third-order valence-corrected chi connectivity index (χ3v) is 3.38. The first-order chi connectivity index (χ1) is 12.0. The molecular formula is C20H23NO4. The zero-order valence-electron chi connectivity index (χ0n) is 14.5. The molecule has 2 aromatic rings. The summed E-state index contributed by atoms with van der Waals surface area (Å²) >= 11 is 0. The number of amides is 1. The Morgan fingerprint density at radius 1 is 1.00 bits per heavy atom. The maximum Gasteiger partial charge on any atom is 0.344 e. The van der Waals surface area contributed by atoms with Crippen molar-refractivity contribution >= 4 is 11.9 Å². The van der Waals surface area contributed by atoms with E-state index in [4.69, 9.17) is 9.47 Å². The number of rotatable bonds is 8. The van der Waals surface area contributed by atoms with Crippen LogP contribution in [0.3, 0.4) is 0 Å². The van der Waals surface area contributed by atoms with Gasteiger partial charge in [0.1, 0.15) is 5.75 Å². The van der Waals surface area contributed by atoms with Crippen LogP contribution < -0.4 is 10.1 Å². The topological polar surface area (TPSA) is 64.6 Å². The van der Waals surface area contributed by atoms with Gasteiger partial charge in [0.05, 0.1) is 6.10 Å². The summed E-state index contributed by atoms with van der Waals surface area (Å²) < 4.78 is 10.3. The van der Waals surface area contributed by atoms with E-state index in [0.29, 0.717) is 17.9 Å². The maximum atomic E-state index is 12.1. The van der Waals surface area contributed by atoms with Gasteiger partial charge in [-0.05, 0) is 50.1 Å². The fourth-order valence-electron chi connectivity index (χ4n) is 2.21. The lowest BCUT2D eigenvalue weighted by molar-refractivity contribution is -0.149. The second-order valence-corrected chi connectivity index (χ2v) is 5.84. The van der Waals surface area contributed by atoms with Crippen molar-refractivity contribution in [3.63, 3.8) is 0 Å². The third-order valence-electron chi connectivity index (χ3n) is 3.38. The Hall–Kier alpha value is -2.82. The lowest BCUT2D eigenvalue weighted by atomic mass is 10.1. The summed E-state index contributed by atoms with van der Waals surface area (Å²) in [5, 5.41) is 2.88. The number of nitrogens with one attached hydrogen (secondary N) is 1. The van der Waals surface area contributed by atoms with Gasteiger partial charge in [-0.15, -0.1) is 0 Å². The van der Waals surface area contributed by atoms with Crippen molar-refractivity contribution in [1.82, 2.24) is 5.32 Å². The number of carbonyl (C=O) groups is 2. The molecule has 0 aliphatic rings. The van der Waals surface area contributed by atoms with Crippen LogP contribution in [0.25, 0.3) is 0 Å². The Morgan fingerprint density at radius 3 is 2.32 bits per heavy atom. The molecule has 25 heavy (non-hydrogen) atoms. The fraction of sp³-hybridized carbons (Fsp3) is 0.300. The molecule has 0 aliphatic heterocycles. The minimum atomic E-state index is -0.419. The number of benzene rings is 2. The van der Waals surface area contributed by atoms with Crippen molar-refractivity contribution < 1.29 is 19.1 Å². The summed E-state index contributed by atoms with van der Waals surface area (Å²) in [6.07, 6.45) is 0.615. The van der Waals surface area contributed by atoms with Crippen LogP contribution in [0.2, 0.25) is 0 Å². The van der Waals surface area contributed by atoms with E-state index < -0.39 is 5.97 Å². The zero-order chi connectivity index (χ0) is 18.1. The van der Waals surface area contributed by atoms with E-state index in [1.807, 2.05) is 30.3 Å². The molecule has 5 heteroatoms. The van der Waals surface area contributed by atoms with Gasteiger partial charge in [-0.2, -0.15) is 0 Å². The molecule has 0 fully saturated rings. The molecule has 0 saturated heterocycles. The minimum Gasteiger partial charge on any atom is -0.482 e. The lowest BCUT2D eigenvalue weighted by Gasteiger charge is -2.10. The number of esters is 1. The van der Waals surface area contributed by atoms with Gasteiger partial charge in [0, 0.05) is 12.1 Å². The zero-order valence-corrected chi connectivity index (χ0v) is 14.5. The number of hydrogen-bond donors (Lipinski definition) is 1. The van der Waals surface area contributed by atoms with E-state index in [9.17, 15) is 9.59 Å². The first-order valence-corrected chi connectivity index (χ1v) is 8.29. The Labute approximate surface area is 148 Å². The SMILES string of the molecule is CC(C)OC(=O)COc1ccc(C(=O)NCCc2ccccc2)cc1. The largest absolute Gasteiger partial charge is 0.482 e. The summed E-state index contributed by atoms with van der Waals surface area (Å²) in [6, 6.07) is 16.6. The third kappa shape index (κ3) is 6.67. The van der Waals surface area contributed by atoms with Crippen LogP contribution in [0.15, 0.2) is 54.6 Å². The van der Waals surface area contributed by atoms with Gasteiger partial charge >= 0.3 is 5.97 Å². The molecule has 2 rings (SSSR count). The molecule has 0 aliphatic carbocycles. The molecule has 0 unspecified atom stereocenters. The van der Waals surface area contributed by atoms with Crippen molar-refractivity contribution in [3.8, 4) is 5.75 Å². The Kier molecular flexibility index (Phi) is 7.01. The molecule has 0 bridgehead atoms. The molecule has 0 saturated carbocycles. The van der Waals surface area contributed by atoms with E-state index >= 15 is 0 Å². The van der Waals surface area contributed by atoms with Crippen molar-refractivity contribution in [3.05, 3.63) is 65.7 Å². The number of carbonyl (C=O) groups excluding carboxylic acids is 2. The second-order valence-electron chi connectivity index (χ2n) is 5.84. The van der Waals surface area contributed by atoms with Crippen LogP contribution in [0.1, 0.15) is 29.8 Å². The highest BCUT2D eigenvalue weighted by Gasteiger charge is 2.08. The molecule has 2 aromatic carbocycles. The Balaban J connectivity index is 1.76. The summed E-state index contributed by atoms with van der Waals surface area (Å²) in [6.45, 7) is 3.98. The van der Waals surface area contributed by atoms with E-state index in [0.717, 1.165) is 6.42 Å². The molecule has 0 atom stereocenters. The summed E-state index contributed by atoms with van der Waals surface area (Å²) in [5.74, 6) is -0.0408. The van der Waals surface area contributed by atoms with E-state index in [1.165, 1.54) is 5.56 Å². The summed E-state index contributed by atoms with van der Waals surface area (Å²) in [4.78, 5) is 23.5. The van der Waals surface area contributed by atoms with Crippen LogP contribution in [-0.4, -0.2) is 31.1 Å². The highest BCUT2D eigenvalue weighted by molar-refractivity contribution is 5.94. The van der Waals surface area contributed by atoms with Gasteiger partial charge in [-0.3, -0.25) is 4.79 Å². The van der Waals surface area contributed by atoms with E-state index in [-0.39, 0.29) is 18.6 Å². The van der Waals surface area contributed by atoms with Gasteiger partial charge in [0.2, 0.25) is 0 Å². The van der Waals surface area contributed by atoms with Crippen molar-refractivity contribution in [2.75, 3.05) is 13.2 Å². The molecule has 0 spiro atoms. The molecular weight excluding hydrogens is 318 g/mol. The van der Waals surface area contributed by atoms with E-state index in [2.05, 4.69) is 5.32 Å². The van der Waals surface area contributed by atoms with E-state index in [1.54, 1.807) is 38.1 Å². The molecule has 1 amide bonds. The highest BCUT2D eigenvalue weighted by atomic mass is 16.6. The quantitative estimate of drug-likeness (QED) is 0.750.